The Morgan fingerprint density at radius 2 is 1.65 bits per heavy atom. The smallest absolute Gasteiger partial charge is 0.0342 e. The van der Waals surface area contributed by atoms with Crippen LogP contribution in [0.2, 0.25) is 0 Å². The zero-order chi connectivity index (χ0) is 11.8. The molecule has 1 aromatic carbocycles. The van der Waals surface area contributed by atoms with Crippen LogP contribution in [0.5, 0.6) is 0 Å². The van der Waals surface area contributed by atoms with Crippen LogP contribution < -0.4 is 5.32 Å². The molecule has 0 amide bonds. The van der Waals surface area contributed by atoms with Gasteiger partial charge in [-0.2, -0.15) is 0 Å². The van der Waals surface area contributed by atoms with Crippen molar-refractivity contribution in [1.82, 2.24) is 4.90 Å². The van der Waals surface area contributed by atoms with E-state index < -0.39 is 0 Å². The summed E-state index contributed by atoms with van der Waals surface area (Å²) in [5, 5.41) is 3.70. The molecule has 0 radical (unpaired) electrons. The first kappa shape index (κ1) is 11.1. The molecule has 3 rings (SSSR count). The van der Waals surface area contributed by atoms with Crippen LogP contribution in [0.3, 0.4) is 0 Å². The molecule has 2 heterocycles. The van der Waals surface area contributed by atoms with E-state index in [-0.39, 0.29) is 0 Å². The minimum absolute atomic E-state index is 0.673. The highest BCUT2D eigenvalue weighted by Crippen LogP contribution is 2.35. The third kappa shape index (κ3) is 2.19. The Hall–Kier alpha value is -1.02. The maximum Gasteiger partial charge on any atom is 0.0342 e. The largest absolute Gasteiger partial charge is 0.382 e. The summed E-state index contributed by atoms with van der Waals surface area (Å²) in [5.74, 6) is 0. The Bertz CT molecular complexity index is 370. The molecular formula is C15H22N2. The van der Waals surface area contributed by atoms with Gasteiger partial charge in [0, 0.05) is 23.8 Å². The summed E-state index contributed by atoms with van der Waals surface area (Å²) in [6.45, 7) is 2.14. The molecule has 2 unspecified atom stereocenters. The van der Waals surface area contributed by atoms with E-state index in [1.807, 2.05) is 0 Å². The first-order valence-corrected chi connectivity index (χ1v) is 6.77. The van der Waals surface area contributed by atoms with E-state index in [1.54, 1.807) is 0 Å². The van der Waals surface area contributed by atoms with Gasteiger partial charge in [-0.05, 0) is 51.8 Å². The average molecular weight is 230 g/mol. The molecule has 0 aliphatic carbocycles. The Balaban J connectivity index is 1.65. The molecule has 0 aromatic heterocycles. The van der Waals surface area contributed by atoms with Gasteiger partial charge in [0.25, 0.3) is 0 Å². The van der Waals surface area contributed by atoms with Crippen molar-refractivity contribution >= 4 is 5.69 Å². The molecule has 92 valence electrons. The molecule has 1 aromatic rings. The molecule has 1 N–H and O–H groups in total. The van der Waals surface area contributed by atoms with Gasteiger partial charge >= 0.3 is 0 Å². The van der Waals surface area contributed by atoms with Crippen LogP contribution in [0.1, 0.15) is 31.2 Å². The van der Waals surface area contributed by atoms with Crippen molar-refractivity contribution < 1.29 is 0 Å². The summed E-state index contributed by atoms with van der Waals surface area (Å²) in [7, 11) is 2.30. The number of hydrogen-bond acceptors (Lipinski definition) is 2. The van der Waals surface area contributed by atoms with Gasteiger partial charge in [-0.1, -0.05) is 17.7 Å². The molecule has 0 spiro atoms. The van der Waals surface area contributed by atoms with E-state index in [9.17, 15) is 0 Å². The second-order valence-corrected chi connectivity index (χ2v) is 5.73. The van der Waals surface area contributed by atoms with Crippen molar-refractivity contribution in [2.24, 2.45) is 0 Å². The van der Waals surface area contributed by atoms with Gasteiger partial charge in [-0.25, -0.2) is 0 Å². The SMILES string of the molecule is Cc1ccc(NC2CC3CCC(C2)N3C)cc1. The van der Waals surface area contributed by atoms with Crippen molar-refractivity contribution in [3.05, 3.63) is 29.8 Å². The monoisotopic (exact) mass is 230 g/mol. The first-order chi connectivity index (χ1) is 8.22. The third-order valence-electron chi connectivity index (χ3n) is 4.52. The van der Waals surface area contributed by atoms with Crippen LogP contribution in [0.4, 0.5) is 5.69 Å². The Labute approximate surface area is 104 Å². The normalized spacial score (nSPS) is 32.7. The second-order valence-electron chi connectivity index (χ2n) is 5.73. The maximum absolute atomic E-state index is 3.70. The van der Waals surface area contributed by atoms with Gasteiger partial charge in [0.1, 0.15) is 0 Å². The predicted octanol–water partition coefficient (Wildman–Crippen LogP) is 3.03. The second kappa shape index (κ2) is 4.34. The Morgan fingerprint density at radius 1 is 1.06 bits per heavy atom. The molecule has 0 saturated carbocycles. The fourth-order valence-corrected chi connectivity index (χ4v) is 3.41. The zero-order valence-corrected chi connectivity index (χ0v) is 10.8. The number of aryl methyl sites for hydroxylation is 1. The van der Waals surface area contributed by atoms with Crippen LogP contribution in [-0.4, -0.2) is 30.1 Å². The molecule has 2 aliphatic rings. The van der Waals surface area contributed by atoms with Gasteiger partial charge in [0.2, 0.25) is 0 Å². The molecular weight excluding hydrogens is 208 g/mol. The molecule has 2 aliphatic heterocycles. The summed E-state index contributed by atoms with van der Waals surface area (Å²) in [5.41, 5.74) is 2.61. The Morgan fingerprint density at radius 3 is 2.24 bits per heavy atom. The standard InChI is InChI=1S/C15H22N2/c1-11-3-5-12(6-4-11)16-13-9-14-7-8-15(10-13)17(14)2/h3-6,13-16H,7-10H2,1-2H3. The molecule has 17 heavy (non-hydrogen) atoms. The van der Waals surface area contributed by atoms with E-state index in [0.717, 1.165) is 12.1 Å². The highest BCUT2D eigenvalue weighted by molar-refractivity contribution is 5.45. The summed E-state index contributed by atoms with van der Waals surface area (Å²) in [6, 6.07) is 11.1. The van der Waals surface area contributed by atoms with E-state index >= 15 is 0 Å². The number of hydrogen-bond donors (Lipinski definition) is 1. The lowest BCUT2D eigenvalue weighted by Gasteiger charge is -2.37. The van der Waals surface area contributed by atoms with Crippen molar-refractivity contribution in [2.75, 3.05) is 12.4 Å². The van der Waals surface area contributed by atoms with Crippen LogP contribution in [0.25, 0.3) is 0 Å². The molecule has 2 saturated heterocycles. The van der Waals surface area contributed by atoms with Crippen LogP contribution in [0, 0.1) is 6.92 Å². The fourth-order valence-electron chi connectivity index (χ4n) is 3.41. The van der Waals surface area contributed by atoms with Gasteiger partial charge in [0.05, 0.1) is 0 Å². The number of fused-ring (bicyclic) bond motifs is 2. The Kier molecular flexibility index (Phi) is 2.83. The first-order valence-electron chi connectivity index (χ1n) is 6.77. The predicted molar refractivity (Wildman–Crippen MR) is 72.4 cm³/mol. The lowest BCUT2D eigenvalue weighted by Crippen LogP contribution is -2.44. The lowest BCUT2D eigenvalue weighted by atomic mass is 9.97. The molecule has 2 fully saturated rings. The lowest BCUT2D eigenvalue weighted by molar-refractivity contribution is 0.169. The van der Waals surface area contributed by atoms with Crippen molar-refractivity contribution in [3.63, 3.8) is 0 Å². The number of nitrogens with zero attached hydrogens (tertiary/aromatic N) is 1. The molecule has 2 heteroatoms. The van der Waals surface area contributed by atoms with Crippen LogP contribution in [0.15, 0.2) is 24.3 Å². The van der Waals surface area contributed by atoms with Crippen LogP contribution >= 0.6 is 0 Å². The van der Waals surface area contributed by atoms with Gasteiger partial charge in [-0.3, -0.25) is 0 Å². The highest BCUT2D eigenvalue weighted by atomic mass is 15.2. The number of benzene rings is 1. The van der Waals surface area contributed by atoms with E-state index in [4.69, 9.17) is 0 Å². The average Bonchev–Trinajstić information content (AvgIpc) is 2.55. The molecule has 2 bridgehead atoms. The topological polar surface area (TPSA) is 15.3 Å². The number of nitrogens with one attached hydrogen (secondary N) is 1. The summed E-state index contributed by atoms with van der Waals surface area (Å²) in [4.78, 5) is 2.59. The fraction of sp³-hybridized carbons (Fsp3) is 0.600. The quantitative estimate of drug-likeness (QED) is 0.840. The minimum atomic E-state index is 0.673. The number of piperidine rings is 1. The van der Waals surface area contributed by atoms with Crippen LogP contribution in [-0.2, 0) is 0 Å². The van der Waals surface area contributed by atoms with Gasteiger partial charge < -0.3 is 10.2 Å². The van der Waals surface area contributed by atoms with Gasteiger partial charge in [-0.15, -0.1) is 0 Å². The maximum atomic E-state index is 3.70. The van der Waals surface area contributed by atoms with E-state index in [0.29, 0.717) is 6.04 Å². The highest BCUT2D eigenvalue weighted by Gasteiger charge is 2.38. The summed E-state index contributed by atoms with van der Waals surface area (Å²) >= 11 is 0. The van der Waals surface area contributed by atoms with E-state index in [1.165, 1.54) is 36.9 Å². The summed E-state index contributed by atoms with van der Waals surface area (Å²) in [6.07, 6.45) is 5.41. The number of anilines is 1. The molecule has 2 atom stereocenters. The minimum Gasteiger partial charge on any atom is -0.382 e. The van der Waals surface area contributed by atoms with Crippen molar-refractivity contribution in [1.29, 1.82) is 0 Å². The summed E-state index contributed by atoms with van der Waals surface area (Å²) < 4.78 is 0. The number of rotatable bonds is 2. The van der Waals surface area contributed by atoms with Gasteiger partial charge in [0.15, 0.2) is 0 Å². The van der Waals surface area contributed by atoms with E-state index in [2.05, 4.69) is 48.5 Å². The zero-order valence-electron chi connectivity index (χ0n) is 10.8. The third-order valence-corrected chi connectivity index (χ3v) is 4.52. The molecule has 2 nitrogen and oxygen atoms in total. The van der Waals surface area contributed by atoms with Crippen molar-refractivity contribution in [2.45, 2.75) is 50.7 Å². The van der Waals surface area contributed by atoms with Crippen molar-refractivity contribution in [3.8, 4) is 0 Å².